The molecule has 4 saturated heterocycles. The summed E-state index contributed by atoms with van der Waals surface area (Å²) < 4.78 is 0. The van der Waals surface area contributed by atoms with Gasteiger partial charge in [-0.1, -0.05) is 0 Å². The van der Waals surface area contributed by atoms with Gasteiger partial charge in [-0.25, -0.2) is 5.01 Å². The SMILES string of the molecule is C1C2N3C1[NH+]23. The van der Waals surface area contributed by atoms with E-state index in [1.54, 1.807) is 5.01 Å². The molecule has 0 aromatic heterocycles. The highest BCUT2D eigenvalue weighted by Crippen LogP contribution is 2.38. The van der Waals surface area contributed by atoms with Crippen LogP contribution in [0.25, 0.3) is 0 Å². The molecule has 0 aromatic rings. The Morgan fingerprint density at radius 3 is 2.00 bits per heavy atom. The van der Waals surface area contributed by atoms with Crippen molar-refractivity contribution in [1.29, 1.82) is 0 Å². The summed E-state index contributed by atoms with van der Waals surface area (Å²) in [4.78, 5) is 0. The predicted molar refractivity (Wildman–Crippen MR) is 15.0 cm³/mol. The first kappa shape index (κ1) is 1.58. The third-order valence-electron chi connectivity index (χ3n) is 1.96. The maximum absolute atomic E-state index is 2.47. The highest BCUT2D eigenvalue weighted by Gasteiger charge is 2.91. The van der Waals surface area contributed by atoms with Crippen LogP contribution in [0, 0.1) is 0 Å². The predicted octanol–water partition coefficient (Wildman–Crippen LogP) is -1.83. The van der Waals surface area contributed by atoms with E-state index < -0.39 is 0 Å². The molecule has 2 nitrogen and oxygen atoms in total. The zero-order valence-corrected chi connectivity index (χ0v) is 2.81. The fraction of sp³-hybridized carbons (Fsp3) is 1.00. The zero-order chi connectivity index (χ0) is 3.02. The largest absolute Gasteiger partial charge is 0.220 e. The van der Waals surface area contributed by atoms with Gasteiger partial charge in [-0.3, -0.25) is 0 Å². The Morgan fingerprint density at radius 1 is 1.60 bits per heavy atom. The smallest absolute Gasteiger partial charge is 0.205 e. The van der Waals surface area contributed by atoms with Gasteiger partial charge in [0.1, 0.15) is 0 Å². The molecule has 0 aliphatic carbocycles. The molecule has 2 bridgehead atoms. The fourth-order valence-corrected chi connectivity index (χ4v) is 1.28. The van der Waals surface area contributed by atoms with E-state index in [0.717, 1.165) is 12.3 Å². The van der Waals surface area contributed by atoms with E-state index in [-0.39, 0.29) is 0 Å². The molecule has 4 rings (SSSR count). The van der Waals surface area contributed by atoms with Gasteiger partial charge in [-0.05, 0) is 5.01 Å². The lowest BCUT2D eigenvalue weighted by Crippen LogP contribution is -2.92. The minimum atomic E-state index is 1.04. The van der Waals surface area contributed by atoms with Crippen LogP contribution in [0.2, 0.25) is 0 Å². The molecule has 0 aromatic carbocycles. The summed E-state index contributed by atoms with van der Waals surface area (Å²) in [5.74, 6) is 0. The van der Waals surface area contributed by atoms with Crippen molar-refractivity contribution < 1.29 is 5.01 Å². The van der Waals surface area contributed by atoms with Gasteiger partial charge in [0.25, 0.3) is 0 Å². The molecule has 0 spiro atoms. The van der Waals surface area contributed by atoms with Crippen LogP contribution in [0.4, 0.5) is 0 Å². The zero-order valence-electron chi connectivity index (χ0n) is 2.81. The van der Waals surface area contributed by atoms with Crippen molar-refractivity contribution in [2.45, 2.75) is 18.8 Å². The molecule has 4 aliphatic rings. The maximum atomic E-state index is 2.47. The molecule has 4 aliphatic heterocycles. The molecule has 0 radical (unpaired) electrons. The van der Waals surface area contributed by atoms with Crippen molar-refractivity contribution in [1.82, 2.24) is 5.01 Å². The molecule has 26 valence electrons. The van der Waals surface area contributed by atoms with E-state index in [1.807, 2.05) is 0 Å². The van der Waals surface area contributed by atoms with Crippen molar-refractivity contribution >= 4 is 0 Å². The standard InChI is InChI=1S/C3H4N2/c1-2-4-3(1)5(2)4/h2-3H,1H2/p+1. The first-order valence-electron chi connectivity index (χ1n) is 2.13. The second kappa shape index (κ2) is 0.200. The average molecular weight is 69.1 g/mol. The van der Waals surface area contributed by atoms with E-state index in [9.17, 15) is 0 Å². The van der Waals surface area contributed by atoms with E-state index >= 15 is 0 Å². The first-order valence-corrected chi connectivity index (χ1v) is 2.13. The normalized spacial score (nSPS) is 91.2. The van der Waals surface area contributed by atoms with E-state index in [0.29, 0.717) is 0 Å². The van der Waals surface area contributed by atoms with Crippen LogP contribution < -0.4 is 5.01 Å². The number of hydrogen-bond donors (Lipinski definition) is 1. The van der Waals surface area contributed by atoms with Crippen LogP contribution in [-0.4, -0.2) is 17.3 Å². The van der Waals surface area contributed by atoms with Crippen molar-refractivity contribution in [3.8, 4) is 0 Å². The highest BCUT2D eigenvalue weighted by molar-refractivity contribution is 4.95. The van der Waals surface area contributed by atoms with Gasteiger partial charge in [-0.2, -0.15) is 0 Å². The van der Waals surface area contributed by atoms with E-state index in [1.165, 1.54) is 6.42 Å². The Kier molecular flexibility index (Phi) is 0.0632. The first-order chi connectivity index (χ1) is 2.48. The van der Waals surface area contributed by atoms with Gasteiger partial charge in [0.2, 0.25) is 12.3 Å². The summed E-state index contributed by atoms with van der Waals surface area (Å²) in [7, 11) is 0. The van der Waals surface area contributed by atoms with Crippen LogP contribution in [-0.2, 0) is 0 Å². The Hall–Kier alpha value is -0.0800. The molecule has 2 heteroatoms. The summed E-state index contributed by atoms with van der Waals surface area (Å²) in [6.45, 7) is 0. The van der Waals surface area contributed by atoms with Crippen molar-refractivity contribution in [2.75, 3.05) is 0 Å². The number of hydrogen-bond acceptors (Lipinski definition) is 1. The minimum absolute atomic E-state index is 1.04. The van der Waals surface area contributed by atoms with Gasteiger partial charge >= 0.3 is 0 Å². The van der Waals surface area contributed by atoms with Crippen molar-refractivity contribution in [3.05, 3.63) is 0 Å². The van der Waals surface area contributed by atoms with Gasteiger partial charge in [-0.15, -0.1) is 0 Å². The summed E-state index contributed by atoms with van der Waals surface area (Å²) >= 11 is 0. The average Bonchev–Trinajstić information content (AvgIpc) is 1.69. The van der Waals surface area contributed by atoms with Crippen LogP contribution in [0.1, 0.15) is 6.42 Å². The molecule has 2 atom stereocenters. The highest BCUT2D eigenvalue weighted by atomic mass is 16.1. The summed E-state index contributed by atoms with van der Waals surface area (Å²) in [6, 6.07) is 0. The molecular formula is C3H5N2+. The Bertz CT molecular complexity index is 69.1. The van der Waals surface area contributed by atoms with Gasteiger partial charge in [0.15, 0.2) is 0 Å². The quantitative estimate of drug-likeness (QED) is 0.329. The van der Waals surface area contributed by atoms with Crippen LogP contribution in [0.15, 0.2) is 0 Å². The van der Waals surface area contributed by atoms with Gasteiger partial charge < -0.3 is 0 Å². The monoisotopic (exact) mass is 69.0 g/mol. The second-order valence-electron chi connectivity index (χ2n) is 2.10. The fourth-order valence-electron chi connectivity index (χ4n) is 1.28. The lowest BCUT2D eigenvalue weighted by molar-refractivity contribution is -0.746. The minimum Gasteiger partial charge on any atom is -0.205 e. The Balaban J connectivity index is 2.39. The number of quaternary nitrogens is 1. The third-order valence-corrected chi connectivity index (χ3v) is 1.96. The number of rotatable bonds is 0. The topological polar surface area (TPSA) is 7.45 Å². The second-order valence-corrected chi connectivity index (χ2v) is 2.10. The molecule has 1 N–H and O–H groups in total. The van der Waals surface area contributed by atoms with Gasteiger partial charge in [0, 0.05) is 0 Å². The lowest BCUT2D eigenvalue weighted by atomic mass is 10.1. The molecule has 2 unspecified atom stereocenters. The Morgan fingerprint density at radius 2 is 2.00 bits per heavy atom. The number of nitrogens with zero attached hydrogens (tertiary/aromatic N) is 1. The summed E-state index contributed by atoms with van der Waals surface area (Å²) in [5, 5.41) is 4.24. The summed E-state index contributed by atoms with van der Waals surface area (Å²) in [6.07, 6.45) is 3.59. The van der Waals surface area contributed by atoms with Crippen LogP contribution in [0.3, 0.4) is 0 Å². The van der Waals surface area contributed by atoms with E-state index in [4.69, 9.17) is 0 Å². The maximum Gasteiger partial charge on any atom is 0.220 e. The van der Waals surface area contributed by atoms with Crippen molar-refractivity contribution in [3.63, 3.8) is 0 Å². The third kappa shape index (κ3) is 0.0364. The molecule has 5 heavy (non-hydrogen) atoms. The molecular weight excluding hydrogens is 64.0 g/mol. The van der Waals surface area contributed by atoms with Gasteiger partial charge in [0.05, 0.1) is 6.42 Å². The van der Waals surface area contributed by atoms with E-state index in [2.05, 4.69) is 5.01 Å². The summed E-state index contributed by atoms with van der Waals surface area (Å²) in [5.41, 5.74) is 0. The van der Waals surface area contributed by atoms with Crippen molar-refractivity contribution in [2.24, 2.45) is 0 Å². The molecule has 4 fully saturated rings. The Labute approximate surface area is 29.9 Å². The molecule has 0 amide bonds. The van der Waals surface area contributed by atoms with Crippen LogP contribution >= 0.6 is 0 Å². The molecule has 4 heterocycles. The van der Waals surface area contributed by atoms with Crippen LogP contribution in [0.5, 0.6) is 0 Å². The lowest BCUT2D eigenvalue weighted by Gasteiger charge is -2.07. The number of nitrogens with one attached hydrogen (secondary N) is 1. The molecule has 0 saturated carbocycles.